The fourth-order valence-electron chi connectivity index (χ4n) is 2.29. The van der Waals surface area contributed by atoms with Crippen molar-refractivity contribution < 1.29 is 9.47 Å². The lowest BCUT2D eigenvalue weighted by Gasteiger charge is -2.18. The molecule has 3 nitrogen and oxygen atoms in total. The van der Waals surface area contributed by atoms with Crippen LogP contribution in [0.5, 0.6) is 11.5 Å². The molecule has 1 heterocycles. The van der Waals surface area contributed by atoms with Gasteiger partial charge in [0.2, 0.25) is 0 Å². The van der Waals surface area contributed by atoms with Crippen LogP contribution in [-0.4, -0.2) is 19.3 Å². The number of fused-ring (bicyclic) bond motifs is 1. The summed E-state index contributed by atoms with van der Waals surface area (Å²) in [6, 6.07) is 14.8. The first-order valence-corrected chi connectivity index (χ1v) is 7.94. The molecule has 0 radical (unpaired) electrons. The maximum absolute atomic E-state index is 5.82. The Labute approximate surface area is 129 Å². The minimum atomic E-state index is 0.196. The molecule has 0 aromatic heterocycles. The third-order valence-electron chi connectivity index (χ3n) is 3.23. The van der Waals surface area contributed by atoms with Crippen molar-refractivity contribution in [2.45, 2.75) is 29.2 Å². The molecule has 1 atom stereocenters. The average molecular weight is 301 g/mol. The Morgan fingerprint density at radius 2 is 1.67 bits per heavy atom. The zero-order valence-corrected chi connectivity index (χ0v) is 12.9. The van der Waals surface area contributed by atoms with Gasteiger partial charge in [0.15, 0.2) is 11.5 Å². The zero-order chi connectivity index (χ0) is 14.7. The number of ether oxygens (including phenoxy) is 2. The van der Waals surface area contributed by atoms with Gasteiger partial charge in [-0.1, -0.05) is 23.9 Å². The first kappa shape index (κ1) is 14.3. The van der Waals surface area contributed by atoms with Gasteiger partial charge in [-0.15, -0.1) is 0 Å². The van der Waals surface area contributed by atoms with Crippen LogP contribution in [0.2, 0.25) is 0 Å². The van der Waals surface area contributed by atoms with Gasteiger partial charge in [0.05, 0.1) is 0 Å². The van der Waals surface area contributed by atoms with E-state index in [-0.39, 0.29) is 6.04 Å². The molecule has 0 fully saturated rings. The molecule has 1 unspecified atom stereocenters. The highest BCUT2D eigenvalue weighted by molar-refractivity contribution is 7.99. The van der Waals surface area contributed by atoms with Gasteiger partial charge in [-0.3, -0.25) is 0 Å². The summed E-state index contributed by atoms with van der Waals surface area (Å²) in [6.07, 6.45) is 0.912. The van der Waals surface area contributed by atoms with Crippen LogP contribution < -0.4 is 15.2 Å². The molecule has 4 heteroatoms. The van der Waals surface area contributed by atoms with E-state index in [0.29, 0.717) is 13.2 Å². The van der Waals surface area contributed by atoms with Crippen molar-refractivity contribution in [3.63, 3.8) is 0 Å². The lowest BCUT2D eigenvalue weighted by atomic mass is 10.1. The van der Waals surface area contributed by atoms with E-state index >= 15 is 0 Å². The first-order chi connectivity index (χ1) is 10.2. The van der Waals surface area contributed by atoms with Crippen molar-refractivity contribution in [3.8, 4) is 11.5 Å². The third-order valence-corrected chi connectivity index (χ3v) is 4.23. The molecule has 2 aromatic carbocycles. The first-order valence-electron chi connectivity index (χ1n) is 7.13. The summed E-state index contributed by atoms with van der Waals surface area (Å²) in [4.78, 5) is 2.36. The van der Waals surface area contributed by atoms with Crippen molar-refractivity contribution in [1.82, 2.24) is 0 Å². The van der Waals surface area contributed by atoms with E-state index in [1.54, 1.807) is 11.8 Å². The van der Waals surface area contributed by atoms with Gasteiger partial charge < -0.3 is 15.2 Å². The van der Waals surface area contributed by atoms with Crippen LogP contribution in [-0.2, 0) is 6.42 Å². The van der Waals surface area contributed by atoms with Gasteiger partial charge in [-0.2, -0.15) is 0 Å². The Morgan fingerprint density at radius 3 is 2.38 bits per heavy atom. The van der Waals surface area contributed by atoms with Crippen LogP contribution in [0.4, 0.5) is 0 Å². The maximum atomic E-state index is 5.82. The van der Waals surface area contributed by atoms with Gasteiger partial charge in [0.1, 0.15) is 13.2 Å². The van der Waals surface area contributed by atoms with Crippen LogP contribution in [0, 0.1) is 0 Å². The molecule has 21 heavy (non-hydrogen) atoms. The van der Waals surface area contributed by atoms with Crippen molar-refractivity contribution in [2.24, 2.45) is 5.73 Å². The highest BCUT2D eigenvalue weighted by Crippen LogP contribution is 2.36. The smallest absolute Gasteiger partial charge is 0.162 e. The van der Waals surface area contributed by atoms with E-state index in [9.17, 15) is 0 Å². The van der Waals surface area contributed by atoms with Gasteiger partial charge >= 0.3 is 0 Å². The summed E-state index contributed by atoms with van der Waals surface area (Å²) >= 11 is 1.72. The molecule has 0 aliphatic carbocycles. The van der Waals surface area contributed by atoms with Crippen LogP contribution in [0.3, 0.4) is 0 Å². The summed E-state index contributed by atoms with van der Waals surface area (Å²) in [5.41, 5.74) is 7.09. The standard InChI is InChI=1S/C17H19NO2S/c1-12(18)10-13-2-4-14(5-3-13)21-15-6-7-16-17(11-15)20-9-8-19-16/h2-7,11-12H,8-10,18H2,1H3. The molecule has 110 valence electrons. The van der Waals surface area contributed by atoms with Crippen molar-refractivity contribution in [2.75, 3.05) is 13.2 Å². The molecule has 2 N–H and O–H groups in total. The zero-order valence-electron chi connectivity index (χ0n) is 12.0. The van der Waals surface area contributed by atoms with E-state index in [4.69, 9.17) is 15.2 Å². The molecule has 0 spiro atoms. The molecule has 0 saturated heterocycles. The topological polar surface area (TPSA) is 44.5 Å². The Hall–Kier alpha value is -1.65. The largest absolute Gasteiger partial charge is 0.486 e. The van der Waals surface area contributed by atoms with Crippen molar-refractivity contribution in [1.29, 1.82) is 0 Å². The van der Waals surface area contributed by atoms with Gasteiger partial charge in [0.25, 0.3) is 0 Å². The molecule has 1 aliphatic rings. The fraction of sp³-hybridized carbons (Fsp3) is 0.294. The van der Waals surface area contributed by atoms with E-state index in [1.165, 1.54) is 10.5 Å². The minimum Gasteiger partial charge on any atom is -0.486 e. The lowest BCUT2D eigenvalue weighted by Crippen LogP contribution is -2.17. The Kier molecular flexibility index (Phi) is 4.36. The van der Waals surface area contributed by atoms with Gasteiger partial charge in [-0.25, -0.2) is 0 Å². The number of nitrogens with two attached hydrogens (primary N) is 1. The number of benzene rings is 2. The molecule has 2 aromatic rings. The number of hydrogen-bond acceptors (Lipinski definition) is 4. The minimum absolute atomic E-state index is 0.196. The highest BCUT2D eigenvalue weighted by atomic mass is 32.2. The molecule has 1 aliphatic heterocycles. The number of hydrogen-bond donors (Lipinski definition) is 1. The highest BCUT2D eigenvalue weighted by Gasteiger charge is 2.12. The monoisotopic (exact) mass is 301 g/mol. The fourth-order valence-corrected chi connectivity index (χ4v) is 3.13. The predicted octanol–water partition coefficient (Wildman–Crippen LogP) is 3.50. The summed E-state index contributed by atoms with van der Waals surface area (Å²) in [5, 5.41) is 0. The third kappa shape index (κ3) is 3.71. The normalized spacial score (nSPS) is 14.8. The molecule has 0 amide bonds. The van der Waals surface area contributed by atoms with E-state index in [1.807, 2.05) is 19.1 Å². The Bertz CT molecular complexity index is 611. The lowest BCUT2D eigenvalue weighted by molar-refractivity contribution is 0.171. The average Bonchev–Trinajstić information content (AvgIpc) is 2.49. The summed E-state index contributed by atoms with van der Waals surface area (Å²) in [7, 11) is 0. The van der Waals surface area contributed by atoms with E-state index < -0.39 is 0 Å². The Morgan fingerprint density at radius 1 is 1.00 bits per heavy atom. The van der Waals surface area contributed by atoms with Crippen LogP contribution in [0.1, 0.15) is 12.5 Å². The van der Waals surface area contributed by atoms with E-state index in [0.717, 1.165) is 22.8 Å². The molecule has 0 bridgehead atoms. The summed E-state index contributed by atoms with van der Waals surface area (Å²) in [6.45, 7) is 3.27. The van der Waals surface area contributed by atoms with Gasteiger partial charge in [0, 0.05) is 15.8 Å². The van der Waals surface area contributed by atoms with Crippen LogP contribution >= 0.6 is 11.8 Å². The quantitative estimate of drug-likeness (QED) is 0.939. The molecular weight excluding hydrogens is 282 g/mol. The van der Waals surface area contributed by atoms with Crippen LogP contribution in [0.15, 0.2) is 52.3 Å². The Balaban J connectivity index is 1.71. The molecule has 0 saturated carbocycles. The van der Waals surface area contributed by atoms with Gasteiger partial charge in [-0.05, 0) is 49.2 Å². The van der Waals surface area contributed by atoms with Crippen LogP contribution in [0.25, 0.3) is 0 Å². The molecular formula is C17H19NO2S. The SMILES string of the molecule is CC(N)Cc1ccc(Sc2ccc3c(c2)OCCO3)cc1. The second-order valence-electron chi connectivity index (χ2n) is 5.23. The van der Waals surface area contributed by atoms with Crippen molar-refractivity contribution >= 4 is 11.8 Å². The second-order valence-corrected chi connectivity index (χ2v) is 6.38. The molecule has 3 rings (SSSR count). The number of rotatable bonds is 4. The van der Waals surface area contributed by atoms with Crippen molar-refractivity contribution in [3.05, 3.63) is 48.0 Å². The maximum Gasteiger partial charge on any atom is 0.162 e. The second kappa shape index (κ2) is 6.41. The summed E-state index contributed by atoms with van der Waals surface area (Å²) < 4.78 is 11.1. The predicted molar refractivity (Wildman–Crippen MR) is 85.4 cm³/mol. The van der Waals surface area contributed by atoms with E-state index in [2.05, 4.69) is 30.3 Å². The summed E-state index contributed by atoms with van der Waals surface area (Å²) in [5.74, 6) is 1.66.